The van der Waals surface area contributed by atoms with Crippen LogP contribution in [0, 0.1) is 0 Å². The maximum atomic E-state index is 11.7. The first kappa shape index (κ1) is 19.2. The standard InChI is InChI=1S/C14H28N2O5S/c1-11(21-22(5,18)19)10-16-8-6-12(7-9-16)15-13(17)20-14(2,3)4/h11-12H,6-10H2,1-5H3,(H,15,17). The van der Waals surface area contributed by atoms with Crippen molar-refractivity contribution in [2.45, 2.75) is 58.3 Å². The highest BCUT2D eigenvalue weighted by Crippen LogP contribution is 2.13. The molecule has 1 aliphatic heterocycles. The zero-order chi connectivity index (χ0) is 17.0. The van der Waals surface area contributed by atoms with Gasteiger partial charge in [0.2, 0.25) is 0 Å². The van der Waals surface area contributed by atoms with Crippen molar-refractivity contribution < 1.29 is 22.1 Å². The molecule has 1 N–H and O–H groups in total. The summed E-state index contributed by atoms with van der Waals surface area (Å²) < 4.78 is 32.3. The number of piperidine rings is 1. The molecule has 1 saturated heterocycles. The molecule has 1 atom stereocenters. The van der Waals surface area contributed by atoms with Crippen molar-refractivity contribution in [1.29, 1.82) is 0 Å². The Kier molecular flexibility index (Phi) is 6.64. The van der Waals surface area contributed by atoms with Gasteiger partial charge in [0.25, 0.3) is 10.1 Å². The number of likely N-dealkylation sites (tertiary alicyclic amines) is 1. The smallest absolute Gasteiger partial charge is 0.407 e. The normalized spacial score (nSPS) is 19.7. The van der Waals surface area contributed by atoms with Crippen LogP contribution in [0.1, 0.15) is 40.5 Å². The Morgan fingerprint density at radius 3 is 2.32 bits per heavy atom. The second-order valence-corrected chi connectivity index (χ2v) is 8.43. The lowest BCUT2D eigenvalue weighted by Crippen LogP contribution is -2.47. The van der Waals surface area contributed by atoms with Gasteiger partial charge in [0.05, 0.1) is 12.4 Å². The Bertz CT molecular complexity index is 464. The second kappa shape index (κ2) is 7.61. The molecule has 8 heteroatoms. The molecular formula is C14H28N2O5S. The number of carbonyl (C=O) groups excluding carboxylic acids is 1. The van der Waals surface area contributed by atoms with Crippen molar-refractivity contribution in [2.24, 2.45) is 0 Å². The van der Waals surface area contributed by atoms with E-state index in [0.29, 0.717) is 6.54 Å². The number of hydrogen-bond acceptors (Lipinski definition) is 6. The van der Waals surface area contributed by atoms with Crippen LogP contribution in [0.25, 0.3) is 0 Å². The fraction of sp³-hybridized carbons (Fsp3) is 0.929. The van der Waals surface area contributed by atoms with E-state index < -0.39 is 15.7 Å². The maximum Gasteiger partial charge on any atom is 0.407 e. The molecule has 0 radical (unpaired) electrons. The number of nitrogens with zero attached hydrogens (tertiary/aromatic N) is 1. The van der Waals surface area contributed by atoms with Crippen LogP contribution in [-0.4, -0.2) is 63.0 Å². The first-order chi connectivity index (χ1) is 9.94. The molecule has 0 saturated carbocycles. The van der Waals surface area contributed by atoms with Crippen molar-refractivity contribution in [2.75, 3.05) is 25.9 Å². The van der Waals surface area contributed by atoms with Crippen molar-refractivity contribution in [3.8, 4) is 0 Å². The summed E-state index contributed by atoms with van der Waals surface area (Å²) in [5.41, 5.74) is -0.497. The van der Waals surface area contributed by atoms with E-state index in [1.54, 1.807) is 6.92 Å². The summed E-state index contributed by atoms with van der Waals surface area (Å²) in [7, 11) is -3.42. The Hall–Kier alpha value is -0.860. The van der Waals surface area contributed by atoms with Crippen LogP contribution in [0.2, 0.25) is 0 Å². The molecule has 0 bridgehead atoms. The van der Waals surface area contributed by atoms with Gasteiger partial charge in [-0.15, -0.1) is 0 Å². The summed E-state index contributed by atoms with van der Waals surface area (Å²) in [5.74, 6) is 0. The lowest BCUT2D eigenvalue weighted by atomic mass is 10.1. The molecule has 1 unspecified atom stereocenters. The third-order valence-corrected chi connectivity index (χ3v) is 3.84. The molecule has 0 spiro atoms. The molecule has 1 aliphatic rings. The van der Waals surface area contributed by atoms with E-state index in [0.717, 1.165) is 32.2 Å². The zero-order valence-electron chi connectivity index (χ0n) is 14.1. The molecule has 0 aromatic heterocycles. The van der Waals surface area contributed by atoms with Gasteiger partial charge in [0, 0.05) is 25.7 Å². The lowest BCUT2D eigenvalue weighted by Gasteiger charge is -2.33. The topological polar surface area (TPSA) is 84.9 Å². The number of ether oxygens (including phenoxy) is 1. The molecule has 1 rings (SSSR count). The van der Waals surface area contributed by atoms with Gasteiger partial charge in [-0.25, -0.2) is 4.79 Å². The van der Waals surface area contributed by atoms with Crippen molar-refractivity contribution >= 4 is 16.2 Å². The number of carbonyl (C=O) groups is 1. The third-order valence-electron chi connectivity index (χ3n) is 3.16. The van der Waals surface area contributed by atoms with Crippen LogP contribution in [-0.2, 0) is 19.0 Å². The van der Waals surface area contributed by atoms with Gasteiger partial charge < -0.3 is 15.0 Å². The fourth-order valence-electron chi connectivity index (χ4n) is 2.43. The van der Waals surface area contributed by atoms with Gasteiger partial charge in [-0.05, 0) is 40.5 Å². The second-order valence-electron chi connectivity index (χ2n) is 6.83. The zero-order valence-corrected chi connectivity index (χ0v) is 14.9. The monoisotopic (exact) mass is 336 g/mol. The first-order valence-electron chi connectivity index (χ1n) is 7.55. The number of nitrogens with one attached hydrogen (secondary N) is 1. The summed E-state index contributed by atoms with van der Waals surface area (Å²) in [6, 6.07) is 0.0947. The van der Waals surface area contributed by atoms with E-state index in [4.69, 9.17) is 8.92 Å². The van der Waals surface area contributed by atoms with Crippen molar-refractivity contribution in [3.63, 3.8) is 0 Å². The molecule has 0 aliphatic carbocycles. The van der Waals surface area contributed by atoms with E-state index in [1.165, 1.54) is 0 Å². The molecule has 1 amide bonds. The molecule has 0 aromatic carbocycles. The number of rotatable bonds is 5. The van der Waals surface area contributed by atoms with E-state index in [2.05, 4.69) is 10.2 Å². The molecule has 130 valence electrons. The Balaban J connectivity index is 2.30. The average molecular weight is 336 g/mol. The fourth-order valence-corrected chi connectivity index (χ4v) is 3.08. The molecule has 7 nitrogen and oxygen atoms in total. The Morgan fingerprint density at radius 2 is 1.86 bits per heavy atom. The van der Waals surface area contributed by atoms with Crippen LogP contribution in [0.3, 0.4) is 0 Å². The van der Waals surface area contributed by atoms with E-state index in [1.807, 2.05) is 20.8 Å². The van der Waals surface area contributed by atoms with Gasteiger partial charge in [-0.3, -0.25) is 4.18 Å². The minimum absolute atomic E-state index is 0.0947. The number of amides is 1. The van der Waals surface area contributed by atoms with Crippen molar-refractivity contribution in [1.82, 2.24) is 10.2 Å². The van der Waals surface area contributed by atoms with Gasteiger partial charge in [-0.2, -0.15) is 8.42 Å². The highest BCUT2D eigenvalue weighted by atomic mass is 32.2. The number of alkyl carbamates (subject to hydrolysis) is 1. The molecule has 1 fully saturated rings. The van der Waals surface area contributed by atoms with Crippen LogP contribution >= 0.6 is 0 Å². The Morgan fingerprint density at radius 1 is 1.32 bits per heavy atom. The number of hydrogen-bond donors (Lipinski definition) is 1. The molecule has 1 heterocycles. The van der Waals surface area contributed by atoms with E-state index in [9.17, 15) is 13.2 Å². The first-order valence-corrected chi connectivity index (χ1v) is 9.36. The highest BCUT2D eigenvalue weighted by Gasteiger charge is 2.24. The SMILES string of the molecule is CC(CN1CCC(NC(=O)OC(C)(C)C)CC1)OS(C)(=O)=O. The van der Waals surface area contributed by atoms with Crippen molar-refractivity contribution in [3.05, 3.63) is 0 Å². The molecular weight excluding hydrogens is 308 g/mol. The minimum Gasteiger partial charge on any atom is -0.444 e. The van der Waals surface area contributed by atoms with Crippen LogP contribution in [0.15, 0.2) is 0 Å². The Labute approximate surface area is 133 Å². The summed E-state index contributed by atoms with van der Waals surface area (Å²) in [6.45, 7) is 9.38. The highest BCUT2D eigenvalue weighted by molar-refractivity contribution is 7.86. The quantitative estimate of drug-likeness (QED) is 0.763. The third kappa shape index (κ3) is 8.55. The summed E-state index contributed by atoms with van der Waals surface area (Å²) >= 11 is 0. The van der Waals surface area contributed by atoms with Crippen LogP contribution in [0.4, 0.5) is 4.79 Å². The summed E-state index contributed by atoms with van der Waals surface area (Å²) in [4.78, 5) is 13.9. The van der Waals surface area contributed by atoms with Gasteiger partial charge in [0.15, 0.2) is 0 Å². The summed E-state index contributed by atoms with van der Waals surface area (Å²) in [6.07, 6.45) is 1.92. The van der Waals surface area contributed by atoms with Gasteiger partial charge >= 0.3 is 6.09 Å². The molecule has 22 heavy (non-hydrogen) atoms. The predicted octanol–water partition coefficient (Wildman–Crippen LogP) is 1.34. The summed E-state index contributed by atoms with van der Waals surface area (Å²) in [5, 5.41) is 2.87. The van der Waals surface area contributed by atoms with E-state index in [-0.39, 0.29) is 18.2 Å². The molecule has 0 aromatic rings. The van der Waals surface area contributed by atoms with Gasteiger partial charge in [0.1, 0.15) is 5.60 Å². The van der Waals surface area contributed by atoms with Gasteiger partial charge in [-0.1, -0.05) is 0 Å². The minimum atomic E-state index is -3.42. The largest absolute Gasteiger partial charge is 0.444 e. The van der Waals surface area contributed by atoms with E-state index >= 15 is 0 Å². The lowest BCUT2D eigenvalue weighted by molar-refractivity contribution is 0.0469. The van der Waals surface area contributed by atoms with Crippen LogP contribution < -0.4 is 5.32 Å². The van der Waals surface area contributed by atoms with Crippen LogP contribution in [0.5, 0.6) is 0 Å². The average Bonchev–Trinajstić information content (AvgIpc) is 2.26. The predicted molar refractivity (Wildman–Crippen MR) is 84.2 cm³/mol. The maximum absolute atomic E-state index is 11.7.